The Bertz CT molecular complexity index is 828. The zero-order valence-corrected chi connectivity index (χ0v) is 18.9. The van der Waals surface area contributed by atoms with Gasteiger partial charge in [-0.2, -0.15) is 0 Å². The van der Waals surface area contributed by atoms with Gasteiger partial charge in [0.15, 0.2) is 0 Å². The number of halogens is 2. The second-order valence-corrected chi connectivity index (χ2v) is 8.86. The molecular formula is C24H35F2N5O. The van der Waals surface area contributed by atoms with Gasteiger partial charge < -0.3 is 16.4 Å². The normalized spacial score (nSPS) is 19.9. The lowest BCUT2D eigenvalue weighted by Crippen LogP contribution is -2.49. The molecule has 32 heavy (non-hydrogen) atoms. The highest BCUT2D eigenvalue weighted by molar-refractivity contribution is 5.79. The third-order valence-corrected chi connectivity index (χ3v) is 6.70. The first-order valence-corrected chi connectivity index (χ1v) is 11.4. The van der Waals surface area contributed by atoms with Crippen molar-refractivity contribution in [3.05, 3.63) is 59.4 Å². The molecule has 0 unspecified atom stereocenters. The number of rotatable bonds is 7. The van der Waals surface area contributed by atoms with Crippen molar-refractivity contribution in [1.82, 2.24) is 14.7 Å². The second-order valence-electron chi connectivity index (χ2n) is 8.86. The van der Waals surface area contributed by atoms with Crippen LogP contribution in [0.5, 0.6) is 0 Å². The Kier molecular flexibility index (Phi) is 8.64. The summed E-state index contributed by atoms with van der Waals surface area (Å²) in [4.78, 5) is 19.4. The van der Waals surface area contributed by atoms with E-state index in [2.05, 4.69) is 9.80 Å². The zero-order chi connectivity index (χ0) is 23.1. The lowest BCUT2D eigenvalue weighted by Gasteiger charge is -2.39. The van der Waals surface area contributed by atoms with Crippen LogP contribution in [-0.4, -0.2) is 66.4 Å². The molecule has 2 saturated heterocycles. The predicted molar refractivity (Wildman–Crippen MR) is 122 cm³/mol. The predicted octanol–water partition coefficient (Wildman–Crippen LogP) is 2.41. The van der Waals surface area contributed by atoms with Crippen LogP contribution in [0.15, 0.2) is 42.2 Å². The smallest absolute Gasteiger partial charge is 0.225 e. The van der Waals surface area contributed by atoms with Crippen LogP contribution in [-0.2, 0) is 11.3 Å². The van der Waals surface area contributed by atoms with Crippen LogP contribution in [0, 0.1) is 17.6 Å². The summed E-state index contributed by atoms with van der Waals surface area (Å²) in [5, 5.41) is 0. The van der Waals surface area contributed by atoms with Gasteiger partial charge in [-0.05, 0) is 75.9 Å². The van der Waals surface area contributed by atoms with Gasteiger partial charge in [0.05, 0.1) is 0 Å². The third-order valence-electron chi connectivity index (χ3n) is 6.70. The zero-order valence-electron chi connectivity index (χ0n) is 18.9. The van der Waals surface area contributed by atoms with Crippen LogP contribution in [0.4, 0.5) is 8.78 Å². The molecule has 176 valence electrons. The summed E-state index contributed by atoms with van der Waals surface area (Å²) in [7, 11) is 1.96. The van der Waals surface area contributed by atoms with Gasteiger partial charge in [0.1, 0.15) is 11.6 Å². The number of carbonyl (C=O) groups excluding carboxylic acids is 1. The molecule has 2 aliphatic rings. The van der Waals surface area contributed by atoms with E-state index in [1.807, 2.05) is 18.0 Å². The van der Waals surface area contributed by atoms with Crippen molar-refractivity contribution in [2.24, 2.45) is 17.4 Å². The largest absolute Gasteiger partial charge is 0.405 e. The molecule has 2 aliphatic heterocycles. The second kappa shape index (κ2) is 11.4. The lowest BCUT2D eigenvalue weighted by atomic mass is 9.93. The van der Waals surface area contributed by atoms with E-state index in [9.17, 15) is 13.6 Å². The summed E-state index contributed by atoms with van der Waals surface area (Å²) in [6.07, 6.45) is 8.31. The number of nitrogens with two attached hydrogens (primary N) is 2. The molecule has 0 saturated carbocycles. The molecule has 0 bridgehead atoms. The number of piperidine rings is 2. The molecule has 1 amide bonds. The standard InChI is InChI=1S/C24H35F2N5O/c1-29(17-20-2-3-21(25)14-23(20)26)22-7-12-31(13-8-22)24(32)19-5-10-30(11-6-19)16-18(15-28)4-9-27/h2-4,9,14-15,19,22H,5-8,10-13,16-17,27-28H2,1H3/b9-4-,18-15?. The van der Waals surface area contributed by atoms with Gasteiger partial charge >= 0.3 is 0 Å². The van der Waals surface area contributed by atoms with E-state index in [0.29, 0.717) is 12.1 Å². The van der Waals surface area contributed by atoms with E-state index >= 15 is 0 Å². The third kappa shape index (κ3) is 6.29. The Labute approximate surface area is 189 Å². The highest BCUT2D eigenvalue weighted by Crippen LogP contribution is 2.24. The van der Waals surface area contributed by atoms with Gasteiger partial charge in [-0.3, -0.25) is 14.6 Å². The van der Waals surface area contributed by atoms with Crippen molar-refractivity contribution in [3.8, 4) is 0 Å². The van der Waals surface area contributed by atoms with Gasteiger partial charge in [0, 0.05) is 49.8 Å². The molecule has 0 radical (unpaired) electrons. The first-order chi connectivity index (χ1) is 15.4. The summed E-state index contributed by atoms with van der Waals surface area (Å²) in [5.74, 6) is -0.741. The van der Waals surface area contributed by atoms with Gasteiger partial charge in [-0.1, -0.05) is 6.07 Å². The van der Waals surface area contributed by atoms with E-state index in [4.69, 9.17) is 11.5 Å². The fraction of sp³-hybridized carbons (Fsp3) is 0.542. The van der Waals surface area contributed by atoms with Crippen molar-refractivity contribution in [2.75, 3.05) is 39.8 Å². The average molecular weight is 448 g/mol. The van der Waals surface area contributed by atoms with Crippen molar-refractivity contribution < 1.29 is 13.6 Å². The summed E-state index contributed by atoms with van der Waals surface area (Å²) in [6.45, 7) is 4.37. The maximum atomic E-state index is 14.0. The van der Waals surface area contributed by atoms with Crippen LogP contribution in [0.2, 0.25) is 0 Å². The molecule has 4 N–H and O–H groups in total. The Morgan fingerprint density at radius 1 is 1.12 bits per heavy atom. The highest BCUT2D eigenvalue weighted by Gasteiger charge is 2.31. The molecule has 2 heterocycles. The topological polar surface area (TPSA) is 78.8 Å². The van der Waals surface area contributed by atoms with Crippen LogP contribution >= 0.6 is 0 Å². The molecule has 0 atom stereocenters. The molecule has 1 aromatic carbocycles. The number of likely N-dealkylation sites (tertiary alicyclic amines) is 2. The molecule has 0 aromatic heterocycles. The number of carbonyl (C=O) groups is 1. The Balaban J connectivity index is 1.43. The minimum Gasteiger partial charge on any atom is -0.405 e. The highest BCUT2D eigenvalue weighted by atomic mass is 19.1. The SMILES string of the molecule is CN(Cc1ccc(F)cc1F)C1CCN(C(=O)C2CCN(CC(=CN)/C=C\N)CC2)CC1. The lowest BCUT2D eigenvalue weighted by molar-refractivity contribution is -0.138. The van der Waals surface area contributed by atoms with E-state index in [1.165, 1.54) is 18.3 Å². The Morgan fingerprint density at radius 3 is 2.41 bits per heavy atom. The maximum Gasteiger partial charge on any atom is 0.225 e. The first-order valence-electron chi connectivity index (χ1n) is 11.4. The Morgan fingerprint density at radius 2 is 1.81 bits per heavy atom. The van der Waals surface area contributed by atoms with Gasteiger partial charge in [0.2, 0.25) is 5.91 Å². The van der Waals surface area contributed by atoms with Crippen LogP contribution < -0.4 is 11.5 Å². The summed E-state index contributed by atoms with van der Waals surface area (Å²) in [5.41, 5.74) is 12.6. The minimum absolute atomic E-state index is 0.0733. The monoisotopic (exact) mass is 447 g/mol. The van der Waals surface area contributed by atoms with E-state index in [-0.39, 0.29) is 17.9 Å². The molecule has 2 fully saturated rings. The first kappa shape index (κ1) is 24.2. The maximum absolute atomic E-state index is 14.0. The van der Waals surface area contributed by atoms with Crippen molar-refractivity contribution in [1.29, 1.82) is 0 Å². The van der Waals surface area contributed by atoms with Crippen LogP contribution in [0.1, 0.15) is 31.2 Å². The molecule has 6 nitrogen and oxygen atoms in total. The minimum atomic E-state index is -0.560. The fourth-order valence-electron chi connectivity index (χ4n) is 4.71. The average Bonchev–Trinajstić information content (AvgIpc) is 2.80. The van der Waals surface area contributed by atoms with Crippen LogP contribution in [0.3, 0.4) is 0 Å². The fourth-order valence-corrected chi connectivity index (χ4v) is 4.71. The van der Waals surface area contributed by atoms with Gasteiger partial charge in [-0.25, -0.2) is 8.78 Å². The molecule has 3 rings (SSSR count). The number of nitrogens with zero attached hydrogens (tertiary/aromatic N) is 3. The van der Waals surface area contributed by atoms with Crippen LogP contribution in [0.25, 0.3) is 0 Å². The van der Waals surface area contributed by atoms with Crippen molar-refractivity contribution >= 4 is 5.91 Å². The molecule has 1 aromatic rings. The van der Waals surface area contributed by atoms with E-state index in [1.54, 1.807) is 6.20 Å². The van der Waals surface area contributed by atoms with Gasteiger partial charge in [-0.15, -0.1) is 0 Å². The molecule has 8 heteroatoms. The molecular weight excluding hydrogens is 412 g/mol. The number of benzene rings is 1. The van der Waals surface area contributed by atoms with E-state index < -0.39 is 11.6 Å². The summed E-state index contributed by atoms with van der Waals surface area (Å²) in [6, 6.07) is 4.01. The quantitative estimate of drug-likeness (QED) is 0.628. The Hall–Kier alpha value is -2.45. The van der Waals surface area contributed by atoms with Crippen molar-refractivity contribution in [3.63, 3.8) is 0 Å². The molecule has 0 spiro atoms. The summed E-state index contributed by atoms with van der Waals surface area (Å²) < 4.78 is 27.1. The van der Waals surface area contributed by atoms with Gasteiger partial charge in [0.25, 0.3) is 0 Å². The number of hydrogen-bond acceptors (Lipinski definition) is 5. The number of amides is 1. The van der Waals surface area contributed by atoms with Crippen molar-refractivity contribution in [2.45, 2.75) is 38.3 Å². The number of hydrogen-bond donors (Lipinski definition) is 2. The van der Waals surface area contributed by atoms with E-state index in [0.717, 1.165) is 70.0 Å². The molecule has 0 aliphatic carbocycles. The summed E-state index contributed by atoms with van der Waals surface area (Å²) >= 11 is 0.